The zero-order valence-electron chi connectivity index (χ0n) is 11.4. The van der Waals surface area contributed by atoms with Crippen molar-refractivity contribution in [2.24, 2.45) is 5.92 Å². The molecule has 1 atom stereocenters. The molecule has 0 amide bonds. The Balaban J connectivity index is 2.06. The molecule has 0 aromatic carbocycles. The number of hydrogen-bond acceptors (Lipinski definition) is 5. The molecule has 20 heavy (non-hydrogen) atoms. The van der Waals surface area contributed by atoms with E-state index in [0.29, 0.717) is 12.5 Å². The zero-order valence-corrected chi connectivity index (χ0v) is 12.2. The van der Waals surface area contributed by atoms with E-state index in [2.05, 4.69) is 14.6 Å². The Morgan fingerprint density at radius 1 is 1.60 bits per heavy atom. The first-order valence-electron chi connectivity index (χ1n) is 6.56. The number of pyridine rings is 1. The van der Waals surface area contributed by atoms with Crippen molar-refractivity contribution in [3.63, 3.8) is 0 Å². The average Bonchev–Trinajstić information content (AvgIpc) is 2.45. The van der Waals surface area contributed by atoms with Crippen molar-refractivity contribution in [3.05, 3.63) is 24.0 Å². The van der Waals surface area contributed by atoms with E-state index in [1.54, 1.807) is 0 Å². The van der Waals surface area contributed by atoms with E-state index in [4.69, 9.17) is 5.26 Å². The van der Waals surface area contributed by atoms with Gasteiger partial charge in [0.2, 0.25) is 10.0 Å². The van der Waals surface area contributed by atoms with Gasteiger partial charge in [0, 0.05) is 19.3 Å². The van der Waals surface area contributed by atoms with Crippen LogP contribution in [0.3, 0.4) is 0 Å². The smallest absolute Gasteiger partial charge is 0.243 e. The molecule has 0 radical (unpaired) electrons. The van der Waals surface area contributed by atoms with E-state index in [1.807, 2.05) is 13.1 Å². The van der Waals surface area contributed by atoms with Crippen LogP contribution >= 0.6 is 0 Å². The highest BCUT2D eigenvalue weighted by molar-refractivity contribution is 7.89. The predicted octanol–water partition coefficient (Wildman–Crippen LogP) is 0.573. The topological polar surface area (TPSA) is 86.1 Å². The summed E-state index contributed by atoms with van der Waals surface area (Å²) in [6.45, 7) is 2.34. The first-order valence-corrected chi connectivity index (χ1v) is 8.04. The highest BCUT2D eigenvalue weighted by Crippen LogP contribution is 2.16. The monoisotopic (exact) mass is 294 g/mol. The van der Waals surface area contributed by atoms with E-state index in [0.717, 1.165) is 25.9 Å². The minimum Gasteiger partial charge on any atom is -0.306 e. The largest absolute Gasteiger partial charge is 0.306 e. The summed E-state index contributed by atoms with van der Waals surface area (Å²) in [5.41, 5.74) is -0.0687. The molecule has 1 aromatic heterocycles. The molecule has 7 heteroatoms. The number of nitrogens with one attached hydrogen (secondary N) is 1. The van der Waals surface area contributed by atoms with Crippen LogP contribution in [0.4, 0.5) is 0 Å². The SMILES string of the molecule is CN1CCCC(CNS(=O)(=O)c2cccnc2C#N)C1. The van der Waals surface area contributed by atoms with Crippen molar-refractivity contribution in [2.75, 3.05) is 26.7 Å². The molecule has 0 aliphatic carbocycles. The maximum absolute atomic E-state index is 12.2. The number of likely N-dealkylation sites (tertiary alicyclic amines) is 1. The van der Waals surface area contributed by atoms with Crippen LogP contribution in [0.5, 0.6) is 0 Å². The number of aromatic nitrogens is 1. The molecule has 2 rings (SSSR count). The van der Waals surface area contributed by atoms with E-state index >= 15 is 0 Å². The van der Waals surface area contributed by atoms with Gasteiger partial charge in [-0.05, 0) is 44.5 Å². The van der Waals surface area contributed by atoms with Crippen molar-refractivity contribution in [2.45, 2.75) is 17.7 Å². The van der Waals surface area contributed by atoms with Crippen LogP contribution < -0.4 is 4.72 Å². The van der Waals surface area contributed by atoms with Gasteiger partial charge in [0.1, 0.15) is 11.0 Å². The van der Waals surface area contributed by atoms with Crippen molar-refractivity contribution in [1.82, 2.24) is 14.6 Å². The Bertz CT molecular complexity index is 609. The summed E-state index contributed by atoms with van der Waals surface area (Å²) in [5, 5.41) is 8.92. The van der Waals surface area contributed by atoms with Crippen LogP contribution in [0.25, 0.3) is 0 Å². The third-order valence-corrected chi connectivity index (χ3v) is 4.91. The van der Waals surface area contributed by atoms with Gasteiger partial charge in [0.25, 0.3) is 0 Å². The van der Waals surface area contributed by atoms with E-state index < -0.39 is 10.0 Å². The summed E-state index contributed by atoms with van der Waals surface area (Å²) in [7, 11) is -1.64. The quantitative estimate of drug-likeness (QED) is 0.877. The molecular weight excluding hydrogens is 276 g/mol. The van der Waals surface area contributed by atoms with Gasteiger partial charge in [-0.3, -0.25) is 0 Å². The molecule has 0 bridgehead atoms. The Morgan fingerprint density at radius 2 is 2.40 bits per heavy atom. The third kappa shape index (κ3) is 3.54. The molecule has 2 heterocycles. The normalized spacial score (nSPS) is 20.5. The lowest BCUT2D eigenvalue weighted by atomic mass is 9.99. The first kappa shape index (κ1) is 14.9. The molecule has 0 saturated carbocycles. The minimum absolute atomic E-state index is 0.0494. The summed E-state index contributed by atoms with van der Waals surface area (Å²) < 4.78 is 27.0. The van der Waals surface area contributed by atoms with Crippen LogP contribution in [0, 0.1) is 17.2 Å². The van der Waals surface area contributed by atoms with Crippen molar-refractivity contribution in [3.8, 4) is 6.07 Å². The molecule has 1 unspecified atom stereocenters. The van der Waals surface area contributed by atoms with Gasteiger partial charge in [-0.25, -0.2) is 18.1 Å². The Labute approximate surface area is 119 Å². The molecule has 1 fully saturated rings. The molecule has 0 spiro atoms. The van der Waals surface area contributed by atoms with Crippen LogP contribution in [0.15, 0.2) is 23.2 Å². The molecule has 1 aliphatic heterocycles. The standard InChI is InChI=1S/C13H18N4O2S/c1-17-7-3-4-11(10-17)9-16-20(18,19)13-5-2-6-15-12(13)8-14/h2,5-6,11,16H,3-4,7,9-10H2,1H3. The van der Waals surface area contributed by atoms with E-state index in [9.17, 15) is 8.42 Å². The van der Waals surface area contributed by atoms with Gasteiger partial charge in [-0.2, -0.15) is 5.26 Å². The molecule has 1 aliphatic rings. The van der Waals surface area contributed by atoms with E-state index in [-0.39, 0.29) is 10.6 Å². The maximum atomic E-state index is 12.2. The summed E-state index contributed by atoms with van der Waals surface area (Å²) in [6, 6.07) is 4.73. The molecule has 1 aromatic rings. The van der Waals surface area contributed by atoms with Gasteiger partial charge < -0.3 is 4.90 Å². The molecule has 108 valence electrons. The summed E-state index contributed by atoms with van der Waals surface area (Å²) in [6.07, 6.45) is 3.51. The minimum atomic E-state index is -3.67. The lowest BCUT2D eigenvalue weighted by Gasteiger charge is -2.29. The van der Waals surface area contributed by atoms with Crippen molar-refractivity contribution >= 4 is 10.0 Å². The summed E-state index contributed by atoms with van der Waals surface area (Å²) in [5.74, 6) is 0.311. The van der Waals surface area contributed by atoms with Gasteiger partial charge in [0.05, 0.1) is 0 Å². The zero-order chi connectivity index (χ0) is 14.6. The summed E-state index contributed by atoms with van der Waals surface area (Å²) >= 11 is 0. The van der Waals surface area contributed by atoms with E-state index in [1.165, 1.54) is 18.3 Å². The second-order valence-corrected chi connectivity index (χ2v) is 6.82. The third-order valence-electron chi connectivity index (χ3n) is 3.45. The fraction of sp³-hybridized carbons (Fsp3) is 0.538. The van der Waals surface area contributed by atoms with Gasteiger partial charge in [0.15, 0.2) is 5.69 Å². The first-order chi connectivity index (χ1) is 9.53. The van der Waals surface area contributed by atoms with Crippen LogP contribution in [-0.4, -0.2) is 45.0 Å². The van der Waals surface area contributed by atoms with Crippen LogP contribution in [0.1, 0.15) is 18.5 Å². The highest BCUT2D eigenvalue weighted by atomic mass is 32.2. The second-order valence-electron chi connectivity index (χ2n) is 5.08. The van der Waals surface area contributed by atoms with Crippen molar-refractivity contribution in [1.29, 1.82) is 5.26 Å². The number of sulfonamides is 1. The Kier molecular flexibility index (Phi) is 4.70. The fourth-order valence-corrected chi connectivity index (χ4v) is 3.66. The number of nitrogens with zero attached hydrogens (tertiary/aromatic N) is 3. The number of rotatable bonds is 4. The predicted molar refractivity (Wildman–Crippen MR) is 74.4 cm³/mol. The number of nitriles is 1. The van der Waals surface area contributed by atoms with Crippen molar-refractivity contribution < 1.29 is 8.42 Å². The van der Waals surface area contributed by atoms with Gasteiger partial charge in [-0.1, -0.05) is 0 Å². The molecule has 1 saturated heterocycles. The summed E-state index contributed by atoms with van der Waals surface area (Å²) in [4.78, 5) is 5.93. The lowest BCUT2D eigenvalue weighted by molar-refractivity contribution is 0.211. The fourth-order valence-electron chi connectivity index (χ4n) is 2.44. The van der Waals surface area contributed by atoms with Crippen LogP contribution in [-0.2, 0) is 10.0 Å². The molecule has 1 N–H and O–H groups in total. The van der Waals surface area contributed by atoms with Gasteiger partial charge in [-0.15, -0.1) is 0 Å². The van der Waals surface area contributed by atoms with Gasteiger partial charge >= 0.3 is 0 Å². The second kappa shape index (κ2) is 6.31. The Hall–Kier alpha value is -1.49. The molecule has 6 nitrogen and oxygen atoms in total. The number of piperidine rings is 1. The maximum Gasteiger partial charge on any atom is 0.243 e. The Morgan fingerprint density at radius 3 is 3.10 bits per heavy atom. The average molecular weight is 294 g/mol. The highest BCUT2D eigenvalue weighted by Gasteiger charge is 2.23. The number of hydrogen-bond donors (Lipinski definition) is 1. The lowest BCUT2D eigenvalue weighted by Crippen LogP contribution is -2.39. The molecular formula is C13H18N4O2S. The van der Waals surface area contributed by atoms with Crippen LogP contribution in [0.2, 0.25) is 0 Å².